The van der Waals surface area contributed by atoms with Crippen LogP contribution in [0.15, 0.2) is 10.7 Å². The predicted octanol–water partition coefficient (Wildman–Crippen LogP) is 4.13. The molecule has 1 rings (SSSR count). The lowest BCUT2D eigenvalue weighted by Gasteiger charge is -2.08. The van der Waals surface area contributed by atoms with Crippen molar-refractivity contribution in [3.63, 3.8) is 0 Å². The molecular weight excluding hydrogens is 378 g/mol. The van der Waals surface area contributed by atoms with E-state index < -0.39 is 6.43 Å². The van der Waals surface area contributed by atoms with Crippen LogP contribution in [0.5, 0.6) is 0 Å². The lowest BCUT2D eigenvalue weighted by atomic mass is 10.2. The molecule has 0 aromatic carbocycles. The van der Waals surface area contributed by atoms with E-state index in [1.165, 1.54) is 6.20 Å². The van der Waals surface area contributed by atoms with Crippen LogP contribution in [0.3, 0.4) is 0 Å². The standard InChI is InChI=1S/C7H4BrClF2IN/c8-6-4(1-9)13-2-3(12)5(6)7(10)11/h2,7H,1H2. The van der Waals surface area contributed by atoms with Crippen molar-refractivity contribution in [1.82, 2.24) is 4.98 Å². The Hall–Kier alpha value is 0.510. The van der Waals surface area contributed by atoms with Gasteiger partial charge >= 0.3 is 0 Å². The van der Waals surface area contributed by atoms with E-state index in [0.29, 0.717) is 13.7 Å². The third-order valence-corrected chi connectivity index (χ3v) is 3.42. The smallest absolute Gasteiger partial charge is 0.258 e. The molecule has 0 atom stereocenters. The summed E-state index contributed by atoms with van der Waals surface area (Å²) in [5.74, 6) is 0.122. The normalized spacial score (nSPS) is 10.9. The first-order valence-corrected chi connectivity index (χ1v) is 5.65. The van der Waals surface area contributed by atoms with E-state index in [-0.39, 0.29) is 11.4 Å². The molecule has 6 heteroatoms. The molecule has 1 aromatic heterocycles. The highest BCUT2D eigenvalue weighted by Crippen LogP contribution is 2.33. The Balaban J connectivity index is 3.30. The van der Waals surface area contributed by atoms with Crippen LogP contribution in [0.4, 0.5) is 8.78 Å². The molecular formula is C7H4BrClF2IN. The van der Waals surface area contributed by atoms with Gasteiger partial charge in [-0.15, -0.1) is 11.6 Å². The summed E-state index contributed by atoms with van der Waals surface area (Å²) in [5, 5.41) is 0. The summed E-state index contributed by atoms with van der Waals surface area (Å²) >= 11 is 10.4. The van der Waals surface area contributed by atoms with Crippen LogP contribution in [0.1, 0.15) is 17.7 Å². The third-order valence-electron chi connectivity index (χ3n) is 1.43. The minimum Gasteiger partial charge on any atom is -0.258 e. The second kappa shape index (κ2) is 4.84. The number of rotatable bonds is 2. The first-order valence-electron chi connectivity index (χ1n) is 3.24. The quantitative estimate of drug-likeness (QED) is 0.554. The summed E-state index contributed by atoms with van der Waals surface area (Å²) in [7, 11) is 0. The van der Waals surface area contributed by atoms with Crippen molar-refractivity contribution >= 4 is 50.1 Å². The molecule has 72 valence electrons. The topological polar surface area (TPSA) is 12.9 Å². The van der Waals surface area contributed by atoms with Crippen molar-refractivity contribution in [2.45, 2.75) is 12.3 Å². The highest BCUT2D eigenvalue weighted by atomic mass is 127. The Bertz CT molecular complexity index is 322. The van der Waals surface area contributed by atoms with E-state index in [1.807, 2.05) is 22.6 Å². The molecule has 0 amide bonds. The molecule has 0 spiro atoms. The molecule has 0 aliphatic heterocycles. The zero-order valence-corrected chi connectivity index (χ0v) is 10.7. The van der Waals surface area contributed by atoms with Crippen LogP contribution in [0.25, 0.3) is 0 Å². The summed E-state index contributed by atoms with van der Waals surface area (Å²) < 4.78 is 25.7. The molecule has 0 aliphatic rings. The minimum atomic E-state index is -2.51. The Morgan fingerprint density at radius 2 is 2.23 bits per heavy atom. The number of halogens is 5. The molecule has 0 aliphatic carbocycles. The van der Waals surface area contributed by atoms with Crippen molar-refractivity contribution in [1.29, 1.82) is 0 Å². The number of pyridine rings is 1. The summed E-state index contributed by atoms with van der Waals surface area (Å²) in [6.45, 7) is 0. The van der Waals surface area contributed by atoms with Gasteiger partial charge in [0.05, 0.1) is 16.0 Å². The van der Waals surface area contributed by atoms with Gasteiger partial charge in [-0.1, -0.05) is 0 Å². The Morgan fingerprint density at radius 1 is 1.62 bits per heavy atom. The first kappa shape index (κ1) is 11.6. The van der Waals surface area contributed by atoms with E-state index in [0.717, 1.165) is 0 Å². The maximum absolute atomic E-state index is 12.5. The van der Waals surface area contributed by atoms with E-state index >= 15 is 0 Å². The summed E-state index contributed by atoms with van der Waals surface area (Å²) in [6, 6.07) is 0. The number of hydrogen-bond donors (Lipinski definition) is 0. The van der Waals surface area contributed by atoms with E-state index in [2.05, 4.69) is 20.9 Å². The molecule has 0 radical (unpaired) electrons. The van der Waals surface area contributed by atoms with E-state index in [9.17, 15) is 8.78 Å². The molecule has 1 aromatic rings. The van der Waals surface area contributed by atoms with Gasteiger partial charge in [-0.25, -0.2) is 8.78 Å². The van der Waals surface area contributed by atoms with Gasteiger partial charge in [0, 0.05) is 15.3 Å². The van der Waals surface area contributed by atoms with Crippen LogP contribution in [0.2, 0.25) is 0 Å². The molecule has 1 nitrogen and oxygen atoms in total. The molecule has 0 bridgehead atoms. The van der Waals surface area contributed by atoms with Crippen LogP contribution >= 0.6 is 50.1 Å². The number of nitrogens with zero attached hydrogens (tertiary/aromatic N) is 1. The maximum Gasteiger partial charge on any atom is 0.266 e. The van der Waals surface area contributed by atoms with E-state index in [1.54, 1.807) is 0 Å². The summed E-state index contributed by atoms with van der Waals surface area (Å²) in [4.78, 5) is 3.92. The zero-order chi connectivity index (χ0) is 10.0. The minimum absolute atomic E-state index is 0.0359. The fourth-order valence-electron chi connectivity index (χ4n) is 0.814. The molecule has 0 saturated heterocycles. The van der Waals surface area contributed by atoms with Gasteiger partial charge in [-0.3, -0.25) is 4.98 Å². The fourth-order valence-corrected chi connectivity index (χ4v) is 2.82. The second-order valence-corrected chi connectivity index (χ2v) is 4.44. The van der Waals surface area contributed by atoms with Crippen LogP contribution in [-0.4, -0.2) is 4.98 Å². The van der Waals surface area contributed by atoms with Gasteiger partial charge < -0.3 is 0 Å². The average Bonchev–Trinajstić information content (AvgIpc) is 2.04. The van der Waals surface area contributed by atoms with Gasteiger partial charge in [0.2, 0.25) is 0 Å². The summed E-state index contributed by atoms with van der Waals surface area (Å²) in [5.41, 5.74) is 0.406. The highest BCUT2D eigenvalue weighted by Gasteiger charge is 2.18. The van der Waals surface area contributed by atoms with Crippen molar-refractivity contribution in [3.8, 4) is 0 Å². The average molecular weight is 382 g/mol. The largest absolute Gasteiger partial charge is 0.266 e. The van der Waals surface area contributed by atoms with Crippen molar-refractivity contribution in [2.75, 3.05) is 0 Å². The molecule has 0 unspecified atom stereocenters. The van der Waals surface area contributed by atoms with Gasteiger partial charge in [0.15, 0.2) is 0 Å². The monoisotopic (exact) mass is 381 g/mol. The van der Waals surface area contributed by atoms with Gasteiger partial charge in [-0.2, -0.15) is 0 Å². The predicted molar refractivity (Wildman–Crippen MR) is 59.2 cm³/mol. The second-order valence-electron chi connectivity index (χ2n) is 2.21. The SMILES string of the molecule is FC(F)c1c(I)cnc(CCl)c1Br. The molecule has 0 N–H and O–H groups in total. The van der Waals surface area contributed by atoms with Crippen LogP contribution < -0.4 is 0 Å². The number of hydrogen-bond acceptors (Lipinski definition) is 1. The van der Waals surface area contributed by atoms with Crippen LogP contribution in [-0.2, 0) is 5.88 Å². The first-order chi connectivity index (χ1) is 6.07. The van der Waals surface area contributed by atoms with E-state index in [4.69, 9.17) is 11.6 Å². The number of alkyl halides is 3. The Labute approximate surface area is 101 Å². The van der Waals surface area contributed by atoms with Gasteiger partial charge in [0.1, 0.15) is 0 Å². The van der Waals surface area contributed by atoms with Crippen LogP contribution in [0, 0.1) is 3.57 Å². The van der Waals surface area contributed by atoms with Crippen molar-refractivity contribution in [3.05, 3.63) is 25.5 Å². The highest BCUT2D eigenvalue weighted by molar-refractivity contribution is 14.1. The Morgan fingerprint density at radius 3 is 2.69 bits per heavy atom. The molecule has 0 saturated carbocycles. The van der Waals surface area contributed by atoms with Crippen molar-refractivity contribution < 1.29 is 8.78 Å². The zero-order valence-electron chi connectivity index (χ0n) is 6.20. The molecule has 0 fully saturated rings. The molecule has 13 heavy (non-hydrogen) atoms. The third kappa shape index (κ3) is 2.50. The maximum atomic E-state index is 12.5. The Kier molecular flexibility index (Phi) is 4.31. The summed E-state index contributed by atoms with van der Waals surface area (Å²) in [6.07, 6.45) is -1.11. The number of aromatic nitrogens is 1. The fraction of sp³-hybridized carbons (Fsp3) is 0.286. The lowest BCUT2D eigenvalue weighted by molar-refractivity contribution is 0.149. The molecule has 1 heterocycles. The van der Waals surface area contributed by atoms with Crippen molar-refractivity contribution in [2.24, 2.45) is 0 Å². The van der Waals surface area contributed by atoms with Gasteiger partial charge in [-0.05, 0) is 38.5 Å². The lowest BCUT2D eigenvalue weighted by Crippen LogP contribution is -1.98. The van der Waals surface area contributed by atoms with Gasteiger partial charge in [0.25, 0.3) is 6.43 Å².